The van der Waals surface area contributed by atoms with Crippen LogP contribution in [0.1, 0.15) is 31.5 Å². The molecule has 1 atom stereocenters. The molecule has 0 saturated heterocycles. The van der Waals surface area contributed by atoms with E-state index < -0.39 is 6.10 Å². The molecule has 0 fully saturated rings. The van der Waals surface area contributed by atoms with Crippen molar-refractivity contribution < 1.29 is 18.6 Å². The van der Waals surface area contributed by atoms with Crippen molar-refractivity contribution in [2.24, 2.45) is 0 Å². The van der Waals surface area contributed by atoms with Crippen LogP contribution in [0, 0.1) is 18.6 Å². The van der Waals surface area contributed by atoms with E-state index in [4.69, 9.17) is 4.74 Å². The number of aliphatic hydroxyl groups excluding tert-OH is 1. The van der Waals surface area contributed by atoms with E-state index in [-0.39, 0.29) is 11.6 Å². The first-order valence-electron chi connectivity index (χ1n) is 10.1. The summed E-state index contributed by atoms with van der Waals surface area (Å²) in [5.74, 6) is 0.266. The van der Waals surface area contributed by atoms with Crippen LogP contribution in [0.3, 0.4) is 0 Å². The van der Waals surface area contributed by atoms with E-state index in [0.717, 1.165) is 24.2 Å². The third kappa shape index (κ3) is 5.43. The summed E-state index contributed by atoms with van der Waals surface area (Å²) in [6.45, 7) is 7.59. The molecule has 0 aliphatic rings. The zero-order chi connectivity index (χ0) is 21.7. The molecule has 1 heterocycles. The Hall–Kier alpha value is -2.77. The van der Waals surface area contributed by atoms with Gasteiger partial charge in [0.2, 0.25) is 5.88 Å². The number of ether oxygens (including phenoxy) is 1. The molecule has 160 valence electrons. The molecule has 2 aromatic carbocycles. The summed E-state index contributed by atoms with van der Waals surface area (Å²) < 4.78 is 34.5. The van der Waals surface area contributed by atoms with E-state index in [1.807, 2.05) is 6.92 Å². The van der Waals surface area contributed by atoms with E-state index in [2.05, 4.69) is 16.9 Å². The summed E-state index contributed by atoms with van der Waals surface area (Å²) in [6, 6.07) is 11.8. The highest BCUT2D eigenvalue weighted by atomic mass is 19.1. The first kappa shape index (κ1) is 21.9. The average Bonchev–Trinajstić information content (AvgIpc) is 2.99. The van der Waals surface area contributed by atoms with Gasteiger partial charge in [-0.05, 0) is 75.3 Å². The number of benzene rings is 2. The number of hydrogen-bond acceptors (Lipinski definition) is 4. The van der Waals surface area contributed by atoms with Crippen molar-refractivity contribution in [1.29, 1.82) is 0 Å². The summed E-state index contributed by atoms with van der Waals surface area (Å²) in [5.41, 5.74) is 2.28. The lowest BCUT2D eigenvalue weighted by molar-refractivity contribution is 0.122. The van der Waals surface area contributed by atoms with Crippen LogP contribution in [0.2, 0.25) is 0 Å². The van der Waals surface area contributed by atoms with Gasteiger partial charge in [-0.3, -0.25) is 4.90 Å². The van der Waals surface area contributed by atoms with Gasteiger partial charge in [0.15, 0.2) is 0 Å². The minimum Gasteiger partial charge on any atom is -0.439 e. The topological polar surface area (TPSA) is 50.5 Å². The van der Waals surface area contributed by atoms with Crippen LogP contribution >= 0.6 is 0 Å². The van der Waals surface area contributed by atoms with Crippen LogP contribution in [0.4, 0.5) is 8.78 Å². The Balaban J connectivity index is 2.03. The third-order valence-corrected chi connectivity index (χ3v) is 4.68. The lowest BCUT2D eigenvalue weighted by Crippen LogP contribution is -2.31. The summed E-state index contributed by atoms with van der Waals surface area (Å²) in [7, 11) is 0. The molecule has 7 heteroatoms. The predicted molar refractivity (Wildman–Crippen MR) is 112 cm³/mol. The molecule has 0 amide bonds. The Kier molecular flexibility index (Phi) is 7.18. The molecule has 0 aliphatic carbocycles. The van der Waals surface area contributed by atoms with Gasteiger partial charge in [-0.2, -0.15) is 5.10 Å². The molecule has 1 N–H and O–H groups in total. The van der Waals surface area contributed by atoms with Gasteiger partial charge in [-0.15, -0.1) is 0 Å². The van der Waals surface area contributed by atoms with Crippen LogP contribution in [0.25, 0.3) is 5.69 Å². The van der Waals surface area contributed by atoms with Crippen molar-refractivity contribution in [3.63, 3.8) is 0 Å². The number of nitrogens with zero attached hydrogens (tertiary/aromatic N) is 3. The van der Waals surface area contributed by atoms with Crippen molar-refractivity contribution in [1.82, 2.24) is 14.7 Å². The van der Waals surface area contributed by atoms with Gasteiger partial charge < -0.3 is 9.84 Å². The number of aliphatic hydroxyl groups is 1. The second-order valence-electron chi connectivity index (χ2n) is 7.40. The number of halogens is 2. The smallest absolute Gasteiger partial charge is 0.227 e. The zero-order valence-electron chi connectivity index (χ0n) is 17.5. The molecule has 0 spiro atoms. The normalized spacial score (nSPS) is 12.4. The van der Waals surface area contributed by atoms with Crippen LogP contribution in [-0.4, -0.2) is 39.0 Å². The van der Waals surface area contributed by atoms with Gasteiger partial charge in [0, 0.05) is 13.1 Å². The molecule has 3 aromatic rings. The van der Waals surface area contributed by atoms with Crippen LogP contribution in [0.15, 0.2) is 48.5 Å². The molecule has 0 saturated carbocycles. The SMILES string of the molecule is CCCN(Cc1c(C)nn(-c2ccc(F)cc2)c1Oc1ccc(F)cc1)CC(C)O. The molecule has 30 heavy (non-hydrogen) atoms. The highest BCUT2D eigenvalue weighted by Crippen LogP contribution is 2.32. The Labute approximate surface area is 175 Å². The number of aromatic nitrogens is 2. The Bertz CT molecular complexity index is 954. The minimum atomic E-state index is -0.467. The fourth-order valence-corrected chi connectivity index (χ4v) is 3.35. The van der Waals surface area contributed by atoms with E-state index in [1.54, 1.807) is 35.9 Å². The lowest BCUT2D eigenvalue weighted by atomic mass is 10.2. The minimum absolute atomic E-state index is 0.338. The second-order valence-corrected chi connectivity index (χ2v) is 7.40. The van der Waals surface area contributed by atoms with E-state index in [0.29, 0.717) is 30.4 Å². The van der Waals surface area contributed by atoms with Crippen LogP contribution in [-0.2, 0) is 6.54 Å². The van der Waals surface area contributed by atoms with E-state index >= 15 is 0 Å². The molecular formula is C23H27F2N3O2. The first-order valence-corrected chi connectivity index (χ1v) is 10.1. The van der Waals surface area contributed by atoms with Gasteiger partial charge in [0.05, 0.1) is 23.0 Å². The number of rotatable bonds is 9. The lowest BCUT2D eigenvalue weighted by Gasteiger charge is -2.23. The van der Waals surface area contributed by atoms with Crippen molar-refractivity contribution in [3.05, 3.63) is 71.4 Å². The van der Waals surface area contributed by atoms with Crippen molar-refractivity contribution in [2.45, 2.75) is 39.8 Å². The van der Waals surface area contributed by atoms with Gasteiger partial charge in [0.1, 0.15) is 17.4 Å². The highest BCUT2D eigenvalue weighted by molar-refractivity contribution is 5.43. The fourth-order valence-electron chi connectivity index (χ4n) is 3.35. The first-order chi connectivity index (χ1) is 14.4. The maximum absolute atomic E-state index is 13.4. The van der Waals surface area contributed by atoms with Crippen LogP contribution in [0.5, 0.6) is 11.6 Å². The zero-order valence-corrected chi connectivity index (χ0v) is 17.5. The van der Waals surface area contributed by atoms with Gasteiger partial charge in [-0.25, -0.2) is 13.5 Å². The van der Waals surface area contributed by atoms with Crippen LogP contribution < -0.4 is 4.74 Å². The summed E-state index contributed by atoms with van der Waals surface area (Å²) in [5, 5.41) is 14.5. The van der Waals surface area contributed by atoms with Crippen molar-refractivity contribution in [2.75, 3.05) is 13.1 Å². The van der Waals surface area contributed by atoms with E-state index in [1.165, 1.54) is 24.3 Å². The molecular weight excluding hydrogens is 388 g/mol. The summed E-state index contributed by atoms with van der Waals surface area (Å²) in [4.78, 5) is 2.14. The van der Waals surface area contributed by atoms with Gasteiger partial charge in [0.25, 0.3) is 0 Å². The molecule has 0 bridgehead atoms. The Morgan fingerprint density at radius 1 is 1.07 bits per heavy atom. The largest absolute Gasteiger partial charge is 0.439 e. The number of aryl methyl sites for hydroxylation is 1. The van der Waals surface area contributed by atoms with E-state index in [9.17, 15) is 13.9 Å². The van der Waals surface area contributed by atoms with Crippen molar-refractivity contribution in [3.8, 4) is 17.3 Å². The average molecular weight is 415 g/mol. The molecule has 0 radical (unpaired) electrons. The summed E-state index contributed by atoms with van der Waals surface area (Å²) >= 11 is 0. The predicted octanol–water partition coefficient (Wildman–Crippen LogP) is 4.84. The quantitative estimate of drug-likeness (QED) is 0.543. The van der Waals surface area contributed by atoms with Gasteiger partial charge >= 0.3 is 0 Å². The second kappa shape index (κ2) is 9.82. The molecule has 1 aromatic heterocycles. The fraction of sp³-hybridized carbons (Fsp3) is 0.348. The highest BCUT2D eigenvalue weighted by Gasteiger charge is 2.22. The molecule has 5 nitrogen and oxygen atoms in total. The Morgan fingerprint density at radius 2 is 1.67 bits per heavy atom. The monoisotopic (exact) mass is 415 g/mol. The van der Waals surface area contributed by atoms with Gasteiger partial charge in [-0.1, -0.05) is 6.92 Å². The number of hydrogen-bond donors (Lipinski definition) is 1. The van der Waals surface area contributed by atoms with Crippen molar-refractivity contribution >= 4 is 0 Å². The Morgan fingerprint density at radius 3 is 2.23 bits per heavy atom. The summed E-state index contributed by atoms with van der Waals surface area (Å²) in [6.07, 6.45) is 0.469. The maximum atomic E-state index is 13.4. The molecule has 0 aliphatic heterocycles. The maximum Gasteiger partial charge on any atom is 0.227 e. The molecule has 3 rings (SSSR count). The standard InChI is InChI=1S/C23H27F2N3O2/c1-4-13-27(14-16(2)29)15-22-17(3)26-28(20-9-5-18(24)6-10-20)23(22)30-21-11-7-19(25)8-12-21/h5-12,16,29H,4,13-15H2,1-3H3. The molecule has 1 unspecified atom stereocenters. The third-order valence-electron chi connectivity index (χ3n) is 4.68.